The van der Waals surface area contributed by atoms with Gasteiger partial charge in [-0.25, -0.2) is 19.3 Å². The van der Waals surface area contributed by atoms with E-state index in [0.29, 0.717) is 5.82 Å². The van der Waals surface area contributed by atoms with Gasteiger partial charge >= 0.3 is 0 Å². The summed E-state index contributed by atoms with van der Waals surface area (Å²) in [7, 11) is 3.72. The van der Waals surface area contributed by atoms with Gasteiger partial charge in [0, 0.05) is 26.5 Å². The number of benzene rings is 1. The van der Waals surface area contributed by atoms with E-state index in [9.17, 15) is 4.39 Å². The molecule has 0 aliphatic carbocycles. The third kappa shape index (κ3) is 2.71. The molecule has 0 unspecified atom stereocenters. The van der Waals surface area contributed by atoms with Crippen molar-refractivity contribution in [3.63, 3.8) is 0 Å². The molecule has 0 radical (unpaired) electrons. The van der Waals surface area contributed by atoms with E-state index in [1.54, 1.807) is 23.1 Å². The second-order valence-electron chi connectivity index (χ2n) is 5.76. The van der Waals surface area contributed by atoms with Crippen molar-refractivity contribution in [2.75, 3.05) is 5.32 Å². The van der Waals surface area contributed by atoms with Gasteiger partial charge in [0.15, 0.2) is 5.65 Å². The minimum Gasteiger partial charge on any atom is -0.356 e. The van der Waals surface area contributed by atoms with Crippen LogP contribution in [0.1, 0.15) is 17.4 Å². The van der Waals surface area contributed by atoms with E-state index in [2.05, 4.69) is 25.4 Å². The monoisotopic (exact) mass is 337 g/mol. The average Bonchev–Trinajstić information content (AvgIpc) is 3.19. The van der Waals surface area contributed by atoms with Crippen LogP contribution in [0.25, 0.3) is 11.0 Å². The molecule has 7 nitrogen and oxygen atoms in total. The highest BCUT2D eigenvalue weighted by atomic mass is 19.1. The Balaban J connectivity index is 1.82. The van der Waals surface area contributed by atoms with Crippen LogP contribution in [0.4, 0.5) is 10.2 Å². The minimum atomic E-state index is -0.367. The highest BCUT2D eigenvalue weighted by Crippen LogP contribution is 2.28. The van der Waals surface area contributed by atoms with E-state index in [1.807, 2.05) is 30.9 Å². The van der Waals surface area contributed by atoms with Gasteiger partial charge in [-0.15, -0.1) is 0 Å². The second-order valence-corrected chi connectivity index (χ2v) is 5.76. The fourth-order valence-electron chi connectivity index (χ4n) is 2.85. The SMILES string of the molecule is Cn1ccnc1[C@H](Nc1ncnc2c1cnn2C)c1cccc(F)c1. The van der Waals surface area contributed by atoms with E-state index < -0.39 is 0 Å². The summed E-state index contributed by atoms with van der Waals surface area (Å²) in [5.41, 5.74) is 1.47. The van der Waals surface area contributed by atoms with Crippen molar-refractivity contribution in [3.8, 4) is 0 Å². The molecule has 0 saturated carbocycles. The Labute approximate surface area is 143 Å². The van der Waals surface area contributed by atoms with Crippen LogP contribution in [0.2, 0.25) is 0 Å². The van der Waals surface area contributed by atoms with Crippen LogP contribution < -0.4 is 5.32 Å². The van der Waals surface area contributed by atoms with Gasteiger partial charge in [-0.3, -0.25) is 4.68 Å². The predicted octanol–water partition coefficient (Wildman–Crippen LogP) is 2.44. The average molecular weight is 337 g/mol. The van der Waals surface area contributed by atoms with Crippen molar-refractivity contribution >= 4 is 16.9 Å². The van der Waals surface area contributed by atoms with Crippen LogP contribution in [-0.2, 0) is 14.1 Å². The zero-order chi connectivity index (χ0) is 17.4. The molecule has 0 fully saturated rings. The molecule has 3 heterocycles. The van der Waals surface area contributed by atoms with E-state index >= 15 is 0 Å². The molecule has 25 heavy (non-hydrogen) atoms. The highest BCUT2D eigenvalue weighted by molar-refractivity contribution is 5.86. The number of anilines is 1. The molecule has 0 spiro atoms. The van der Waals surface area contributed by atoms with E-state index in [-0.39, 0.29) is 11.9 Å². The number of nitrogens with zero attached hydrogens (tertiary/aromatic N) is 6. The first-order valence-electron chi connectivity index (χ1n) is 7.75. The largest absolute Gasteiger partial charge is 0.356 e. The Morgan fingerprint density at radius 2 is 2.04 bits per heavy atom. The van der Waals surface area contributed by atoms with Gasteiger partial charge in [0.05, 0.1) is 11.6 Å². The molecule has 4 aromatic rings. The van der Waals surface area contributed by atoms with Gasteiger partial charge in [-0.2, -0.15) is 5.10 Å². The summed E-state index contributed by atoms with van der Waals surface area (Å²) in [6.45, 7) is 0. The van der Waals surface area contributed by atoms with Gasteiger partial charge in [0.25, 0.3) is 0 Å². The van der Waals surface area contributed by atoms with Crippen molar-refractivity contribution in [3.05, 3.63) is 66.4 Å². The number of aromatic nitrogens is 6. The number of halogens is 1. The molecule has 0 aliphatic heterocycles. The zero-order valence-corrected chi connectivity index (χ0v) is 13.8. The second kappa shape index (κ2) is 5.97. The Morgan fingerprint density at radius 1 is 1.16 bits per heavy atom. The van der Waals surface area contributed by atoms with Gasteiger partial charge in [0.1, 0.15) is 29.8 Å². The molecular formula is C17H16FN7. The summed E-state index contributed by atoms with van der Waals surface area (Å²) in [5.74, 6) is 1.07. The normalized spacial score (nSPS) is 12.4. The zero-order valence-electron chi connectivity index (χ0n) is 13.8. The van der Waals surface area contributed by atoms with Gasteiger partial charge in [-0.05, 0) is 17.7 Å². The van der Waals surface area contributed by atoms with Crippen molar-refractivity contribution in [2.24, 2.45) is 14.1 Å². The third-order valence-corrected chi connectivity index (χ3v) is 4.11. The van der Waals surface area contributed by atoms with Gasteiger partial charge in [-0.1, -0.05) is 12.1 Å². The molecule has 1 aromatic carbocycles. The number of fused-ring (bicyclic) bond motifs is 1. The summed E-state index contributed by atoms with van der Waals surface area (Å²) in [5, 5.41) is 8.38. The molecule has 0 bridgehead atoms. The Morgan fingerprint density at radius 3 is 2.80 bits per heavy atom. The van der Waals surface area contributed by atoms with Crippen LogP contribution >= 0.6 is 0 Å². The maximum atomic E-state index is 13.8. The standard InChI is InChI=1S/C17H16FN7/c1-24-7-6-19-17(24)14(11-4-3-5-12(18)8-11)23-15-13-9-22-25(2)16(13)21-10-20-15/h3-10,14H,1-2H3,(H,20,21,23)/t14-/m1/s1. The first kappa shape index (κ1) is 15.3. The number of hydrogen-bond donors (Lipinski definition) is 1. The molecule has 4 rings (SSSR count). The number of rotatable bonds is 4. The Kier molecular flexibility index (Phi) is 3.64. The van der Waals surface area contributed by atoms with Gasteiger partial charge in [0.2, 0.25) is 0 Å². The predicted molar refractivity (Wildman–Crippen MR) is 91.4 cm³/mol. The molecule has 0 saturated heterocycles. The number of imidazole rings is 1. The fourth-order valence-corrected chi connectivity index (χ4v) is 2.85. The lowest BCUT2D eigenvalue weighted by Gasteiger charge is -2.20. The molecule has 3 aromatic heterocycles. The Hall–Kier alpha value is -3.29. The number of hydrogen-bond acceptors (Lipinski definition) is 5. The van der Waals surface area contributed by atoms with Crippen molar-refractivity contribution < 1.29 is 4.39 Å². The first-order chi connectivity index (χ1) is 12.1. The van der Waals surface area contributed by atoms with Crippen molar-refractivity contribution in [2.45, 2.75) is 6.04 Å². The molecule has 0 aliphatic rings. The lowest BCUT2D eigenvalue weighted by Crippen LogP contribution is -2.18. The van der Waals surface area contributed by atoms with Crippen LogP contribution in [0.5, 0.6) is 0 Å². The summed E-state index contributed by atoms with van der Waals surface area (Å²) >= 11 is 0. The molecule has 1 N–H and O–H groups in total. The van der Waals surface area contributed by atoms with Crippen LogP contribution in [0.3, 0.4) is 0 Å². The van der Waals surface area contributed by atoms with E-state index in [1.165, 1.54) is 18.5 Å². The molecular weight excluding hydrogens is 321 g/mol. The maximum Gasteiger partial charge on any atom is 0.163 e. The quantitative estimate of drug-likeness (QED) is 0.619. The van der Waals surface area contributed by atoms with Crippen molar-refractivity contribution in [1.82, 2.24) is 29.3 Å². The third-order valence-electron chi connectivity index (χ3n) is 4.11. The minimum absolute atomic E-state index is 0.298. The van der Waals surface area contributed by atoms with Crippen LogP contribution in [0.15, 0.2) is 49.2 Å². The molecule has 1 atom stereocenters. The smallest absolute Gasteiger partial charge is 0.163 e. The topological polar surface area (TPSA) is 73.5 Å². The lowest BCUT2D eigenvalue weighted by molar-refractivity contribution is 0.622. The lowest BCUT2D eigenvalue weighted by atomic mass is 10.1. The van der Waals surface area contributed by atoms with Crippen LogP contribution in [-0.4, -0.2) is 29.3 Å². The van der Waals surface area contributed by atoms with Crippen molar-refractivity contribution in [1.29, 1.82) is 0 Å². The highest BCUT2D eigenvalue weighted by Gasteiger charge is 2.21. The molecule has 8 heteroatoms. The number of nitrogens with one attached hydrogen (secondary N) is 1. The van der Waals surface area contributed by atoms with Gasteiger partial charge < -0.3 is 9.88 Å². The number of aryl methyl sites for hydroxylation is 2. The first-order valence-corrected chi connectivity index (χ1v) is 7.75. The molecule has 126 valence electrons. The fraction of sp³-hybridized carbons (Fsp3) is 0.176. The van der Waals surface area contributed by atoms with E-state index in [0.717, 1.165) is 22.4 Å². The summed E-state index contributed by atoms with van der Waals surface area (Å²) < 4.78 is 17.3. The Bertz CT molecular complexity index is 1040. The summed E-state index contributed by atoms with van der Waals surface area (Å²) in [6.07, 6.45) is 6.75. The van der Waals surface area contributed by atoms with E-state index in [4.69, 9.17) is 0 Å². The maximum absolute atomic E-state index is 13.8. The molecule has 0 amide bonds. The summed E-state index contributed by atoms with van der Waals surface area (Å²) in [6, 6.07) is 6.09. The van der Waals surface area contributed by atoms with Crippen LogP contribution in [0, 0.1) is 5.82 Å². The summed E-state index contributed by atoms with van der Waals surface area (Å²) in [4.78, 5) is 13.0.